The van der Waals surface area contributed by atoms with Crippen LogP contribution in [0.15, 0.2) is 53.7 Å². The van der Waals surface area contributed by atoms with E-state index >= 15 is 0 Å². The molecule has 2 aliphatic rings. The lowest BCUT2D eigenvalue weighted by atomic mass is 9.94. The molecule has 0 radical (unpaired) electrons. The normalized spacial score (nSPS) is 17.8. The molecule has 36 heavy (non-hydrogen) atoms. The Morgan fingerprint density at radius 1 is 1.14 bits per heavy atom. The zero-order valence-corrected chi connectivity index (χ0v) is 21.0. The Hall–Kier alpha value is -3.59. The fourth-order valence-corrected chi connectivity index (χ4v) is 4.92. The maximum absolute atomic E-state index is 13.4. The van der Waals surface area contributed by atoms with Crippen LogP contribution in [-0.2, 0) is 16.1 Å². The van der Waals surface area contributed by atoms with Crippen molar-refractivity contribution >= 4 is 23.5 Å². The van der Waals surface area contributed by atoms with Gasteiger partial charge >= 0.3 is 5.97 Å². The van der Waals surface area contributed by atoms with Crippen LogP contribution in [0.4, 0.5) is 5.95 Å². The first kappa shape index (κ1) is 24.1. The molecule has 1 atom stereocenters. The second kappa shape index (κ2) is 10.6. The topological polar surface area (TPSA) is 100 Å². The number of nitrogens with zero attached hydrogens (tertiary/aromatic N) is 4. The Balaban J connectivity index is 1.45. The van der Waals surface area contributed by atoms with Gasteiger partial charge < -0.3 is 19.5 Å². The number of carbonyl (C=O) groups is 1. The zero-order chi connectivity index (χ0) is 25.1. The quantitative estimate of drug-likeness (QED) is 0.440. The average Bonchev–Trinajstić information content (AvgIpc) is 3.36. The largest absolute Gasteiger partial charge is 0.493 e. The molecule has 1 N–H and O–H groups in total. The summed E-state index contributed by atoms with van der Waals surface area (Å²) in [6, 6.07) is 12.5. The summed E-state index contributed by atoms with van der Waals surface area (Å²) >= 11 is 6.27. The highest BCUT2D eigenvalue weighted by Crippen LogP contribution is 2.39. The van der Waals surface area contributed by atoms with Gasteiger partial charge in [0.1, 0.15) is 18.8 Å². The van der Waals surface area contributed by atoms with E-state index in [1.54, 1.807) is 11.8 Å². The van der Waals surface area contributed by atoms with E-state index in [0.717, 1.165) is 36.8 Å². The van der Waals surface area contributed by atoms with Crippen LogP contribution < -0.4 is 14.8 Å². The molecule has 1 aliphatic heterocycles. The highest BCUT2D eigenvalue weighted by molar-refractivity contribution is 6.31. The third kappa shape index (κ3) is 4.88. The van der Waals surface area contributed by atoms with E-state index in [9.17, 15) is 4.79 Å². The number of rotatable bonds is 7. The lowest BCUT2D eigenvalue weighted by Gasteiger charge is -2.29. The molecule has 5 rings (SSSR count). The molecule has 10 heteroatoms. The van der Waals surface area contributed by atoms with Crippen molar-refractivity contribution in [2.75, 3.05) is 12.4 Å². The van der Waals surface area contributed by atoms with Gasteiger partial charge in [-0.15, -0.1) is 0 Å². The molecule has 1 fully saturated rings. The number of allylic oxidation sites excluding steroid dienone is 1. The smallest absolute Gasteiger partial charge is 0.338 e. The molecule has 1 unspecified atom stereocenters. The molecule has 0 saturated heterocycles. The van der Waals surface area contributed by atoms with Crippen LogP contribution in [0.2, 0.25) is 5.02 Å². The van der Waals surface area contributed by atoms with E-state index in [0.29, 0.717) is 33.7 Å². The minimum Gasteiger partial charge on any atom is -0.493 e. The Morgan fingerprint density at radius 3 is 2.72 bits per heavy atom. The fraction of sp³-hybridized carbons (Fsp3) is 0.385. The van der Waals surface area contributed by atoms with Crippen molar-refractivity contribution in [3.63, 3.8) is 0 Å². The Bertz CT molecular complexity index is 1280. The summed E-state index contributed by atoms with van der Waals surface area (Å²) in [4.78, 5) is 13.4. The number of anilines is 1. The van der Waals surface area contributed by atoms with E-state index in [-0.39, 0.29) is 18.7 Å². The summed E-state index contributed by atoms with van der Waals surface area (Å²) in [6.45, 7) is 2.12. The van der Waals surface area contributed by atoms with Crippen LogP contribution in [0.25, 0.3) is 0 Å². The van der Waals surface area contributed by atoms with Crippen molar-refractivity contribution < 1.29 is 19.0 Å². The maximum atomic E-state index is 13.4. The summed E-state index contributed by atoms with van der Waals surface area (Å²) in [5, 5.41) is 15.8. The third-order valence-electron chi connectivity index (χ3n) is 6.60. The highest BCUT2D eigenvalue weighted by atomic mass is 35.5. The van der Waals surface area contributed by atoms with Crippen molar-refractivity contribution in [1.29, 1.82) is 0 Å². The van der Waals surface area contributed by atoms with Gasteiger partial charge in [0.25, 0.3) is 0 Å². The van der Waals surface area contributed by atoms with Crippen LogP contribution >= 0.6 is 11.6 Å². The summed E-state index contributed by atoms with van der Waals surface area (Å²) < 4.78 is 19.2. The van der Waals surface area contributed by atoms with E-state index < -0.39 is 6.04 Å². The number of methoxy groups -OCH3 is 1. The molecule has 188 valence electrons. The number of nitrogens with one attached hydrogen (secondary N) is 1. The van der Waals surface area contributed by atoms with Gasteiger partial charge in [0, 0.05) is 16.3 Å². The monoisotopic (exact) mass is 509 g/mol. The SMILES string of the molecule is COc1cc(C2C(C(=O)OC3CCCCC3)=C(C)Nc3nnnn32)ccc1OCc1ccccc1Cl. The second-order valence-corrected chi connectivity index (χ2v) is 9.38. The predicted octanol–water partition coefficient (Wildman–Crippen LogP) is 5.08. The first-order chi connectivity index (χ1) is 17.5. The van der Waals surface area contributed by atoms with Crippen molar-refractivity contribution in [2.45, 2.75) is 57.8 Å². The van der Waals surface area contributed by atoms with E-state index in [1.807, 2.05) is 49.4 Å². The number of fused-ring (bicyclic) bond motifs is 1. The highest BCUT2D eigenvalue weighted by Gasteiger charge is 2.36. The van der Waals surface area contributed by atoms with Gasteiger partial charge in [0.05, 0.1) is 12.7 Å². The second-order valence-electron chi connectivity index (χ2n) is 8.97. The first-order valence-electron chi connectivity index (χ1n) is 12.1. The molecule has 3 aromatic rings. The average molecular weight is 510 g/mol. The third-order valence-corrected chi connectivity index (χ3v) is 6.97. The Labute approximate surface area is 214 Å². The number of ether oxygens (including phenoxy) is 3. The van der Waals surface area contributed by atoms with Crippen molar-refractivity contribution in [3.05, 3.63) is 69.9 Å². The van der Waals surface area contributed by atoms with Gasteiger partial charge in [0.15, 0.2) is 11.5 Å². The number of benzene rings is 2. The number of hydrogen-bond acceptors (Lipinski definition) is 8. The molecule has 0 amide bonds. The number of tetrazole rings is 1. The predicted molar refractivity (Wildman–Crippen MR) is 134 cm³/mol. The summed E-state index contributed by atoms with van der Waals surface area (Å²) in [5.41, 5.74) is 2.75. The number of halogens is 1. The molecular weight excluding hydrogens is 482 g/mol. The molecule has 1 aliphatic carbocycles. The minimum absolute atomic E-state index is 0.0717. The molecule has 0 bridgehead atoms. The molecular formula is C26H28ClN5O4. The fourth-order valence-electron chi connectivity index (χ4n) is 4.73. The van der Waals surface area contributed by atoms with Crippen molar-refractivity contribution in [3.8, 4) is 11.5 Å². The van der Waals surface area contributed by atoms with Crippen LogP contribution in [0.3, 0.4) is 0 Å². The number of carbonyl (C=O) groups excluding carboxylic acids is 1. The minimum atomic E-state index is -0.584. The summed E-state index contributed by atoms with van der Waals surface area (Å²) in [7, 11) is 1.58. The Morgan fingerprint density at radius 2 is 1.94 bits per heavy atom. The molecule has 1 aromatic heterocycles. The zero-order valence-electron chi connectivity index (χ0n) is 20.2. The summed E-state index contributed by atoms with van der Waals surface area (Å²) in [5.74, 6) is 1.16. The molecule has 9 nitrogen and oxygen atoms in total. The van der Waals surface area contributed by atoms with Crippen LogP contribution in [0.1, 0.15) is 56.2 Å². The van der Waals surface area contributed by atoms with Gasteiger partial charge in [-0.1, -0.05) is 47.4 Å². The molecule has 1 saturated carbocycles. The van der Waals surface area contributed by atoms with E-state index in [1.165, 1.54) is 6.42 Å². The van der Waals surface area contributed by atoms with E-state index in [2.05, 4.69) is 20.8 Å². The van der Waals surface area contributed by atoms with Gasteiger partial charge in [-0.25, -0.2) is 4.79 Å². The van der Waals surface area contributed by atoms with Crippen LogP contribution in [0.5, 0.6) is 11.5 Å². The number of hydrogen-bond donors (Lipinski definition) is 1. The first-order valence-corrected chi connectivity index (χ1v) is 12.4. The lowest BCUT2D eigenvalue weighted by molar-refractivity contribution is -0.146. The molecule has 2 heterocycles. The number of esters is 1. The van der Waals surface area contributed by atoms with Gasteiger partial charge in [-0.3, -0.25) is 0 Å². The van der Waals surface area contributed by atoms with Gasteiger partial charge in [-0.2, -0.15) is 4.68 Å². The van der Waals surface area contributed by atoms with Gasteiger partial charge in [0.2, 0.25) is 5.95 Å². The lowest BCUT2D eigenvalue weighted by Crippen LogP contribution is -2.32. The maximum Gasteiger partial charge on any atom is 0.338 e. The van der Waals surface area contributed by atoms with Gasteiger partial charge in [-0.05, 0) is 66.8 Å². The van der Waals surface area contributed by atoms with Crippen molar-refractivity contribution in [2.24, 2.45) is 0 Å². The van der Waals surface area contributed by atoms with Crippen LogP contribution in [-0.4, -0.2) is 39.4 Å². The number of aromatic nitrogens is 4. The van der Waals surface area contributed by atoms with E-state index in [4.69, 9.17) is 25.8 Å². The van der Waals surface area contributed by atoms with Crippen molar-refractivity contribution in [1.82, 2.24) is 20.2 Å². The summed E-state index contributed by atoms with van der Waals surface area (Å²) in [6.07, 6.45) is 5.02. The standard InChI is InChI=1S/C26H28ClN5O4/c1-16-23(25(33)36-19-9-4-3-5-10-19)24(32-26(28-16)29-30-31-32)17-12-13-21(22(14-17)34-2)35-15-18-8-6-7-11-20(18)27/h6-8,11-14,19,24H,3-5,9-10,15H2,1-2H3,(H,28,29,31). The molecule has 2 aromatic carbocycles. The molecule has 0 spiro atoms. The Kier molecular flexibility index (Phi) is 7.09. The van der Waals surface area contributed by atoms with Crippen LogP contribution in [0, 0.1) is 0 Å².